The normalized spacial score (nSPS) is 14.4. The molecular formula is C112H80N8S4. The fourth-order valence-electron chi connectivity index (χ4n) is 21.6. The van der Waals surface area contributed by atoms with Gasteiger partial charge in [0, 0.05) is 70.3 Å². The van der Waals surface area contributed by atoms with Crippen LogP contribution < -0.4 is 0 Å². The standard InChI is InChI=1S/4C28H20N2S/c1-28(2)20-11-5-3-10-19(20)25-21(28)16-15-18-17-9-4-7-13-23(17)30(26(18)25)27-29-22-12-6-8-14-24(22)31-27;1-28(2)21-11-5-3-9-17(21)19-15-20-18-10-4-7-13-24(18)30(25(20)16-22(19)28)27-29-23-12-6-8-14-26(23)31-27;1-28(2)20-11-5-3-9-17(20)18-15-16-23-25(26(18)28)19-10-4-7-13-22(19)30(23)27-29-21-12-6-8-14-24(21)31-27;1-28(2)19-11-5-3-9-17(19)25-20(28)15-16-23-26(25)18-10-4-7-13-22(18)30(23)27-29-21-12-6-8-14-24(21)31-27/h4*3-16H,1-2H3. The molecule has 24 aromatic rings. The molecule has 8 heterocycles. The van der Waals surface area contributed by atoms with Crippen LogP contribution in [0.5, 0.6) is 0 Å². The first-order valence-corrected chi connectivity index (χ1v) is 45.9. The van der Waals surface area contributed by atoms with E-state index in [0.29, 0.717) is 0 Å². The van der Waals surface area contributed by atoms with E-state index in [1.165, 1.54) is 195 Å². The Balaban J connectivity index is 0.0000000906. The lowest BCUT2D eigenvalue weighted by atomic mass is 9.80. The molecule has 0 saturated heterocycles. The Morgan fingerprint density at radius 3 is 1.06 bits per heavy atom. The van der Waals surface area contributed by atoms with Crippen LogP contribution in [0.1, 0.15) is 99.9 Å². The van der Waals surface area contributed by atoms with E-state index in [-0.39, 0.29) is 21.7 Å². The Bertz CT molecular complexity index is 8430. The minimum atomic E-state index is -0.0476. The summed E-state index contributed by atoms with van der Waals surface area (Å²) in [4.78, 5) is 20.1. The third-order valence-corrected chi connectivity index (χ3v) is 31.5. The number of hydrogen-bond acceptors (Lipinski definition) is 8. The van der Waals surface area contributed by atoms with E-state index in [2.05, 4.69) is 413 Å². The Hall–Kier alpha value is -13.7. The highest BCUT2D eigenvalue weighted by Gasteiger charge is 2.42. The second kappa shape index (κ2) is 26.9. The number of para-hydroxylation sites is 8. The number of nitrogens with zero attached hydrogens (tertiary/aromatic N) is 8. The van der Waals surface area contributed by atoms with Gasteiger partial charge in [-0.2, -0.15) is 0 Å². The quantitative estimate of drug-likeness (QED) is 0.176. The molecule has 0 saturated carbocycles. The Morgan fingerprint density at radius 1 is 0.210 bits per heavy atom. The van der Waals surface area contributed by atoms with Crippen LogP contribution in [0, 0.1) is 0 Å². The van der Waals surface area contributed by atoms with Gasteiger partial charge in [0.15, 0.2) is 20.5 Å². The molecule has 28 rings (SSSR count). The summed E-state index contributed by atoms with van der Waals surface area (Å²) in [5, 5.41) is 14.5. The number of rotatable bonds is 4. The van der Waals surface area contributed by atoms with E-state index in [0.717, 1.165) is 42.6 Å². The highest BCUT2D eigenvalue weighted by Crippen LogP contribution is 2.58. The van der Waals surface area contributed by atoms with E-state index >= 15 is 0 Å². The number of thiazole rings is 4. The molecule has 0 aliphatic heterocycles. The molecule has 8 nitrogen and oxygen atoms in total. The van der Waals surface area contributed by atoms with Crippen LogP contribution in [0.15, 0.2) is 340 Å². The van der Waals surface area contributed by atoms with E-state index in [1.807, 2.05) is 0 Å². The summed E-state index contributed by atoms with van der Waals surface area (Å²) in [5.74, 6) is 0. The van der Waals surface area contributed by atoms with Gasteiger partial charge < -0.3 is 0 Å². The van der Waals surface area contributed by atoms with E-state index < -0.39 is 0 Å². The highest BCUT2D eigenvalue weighted by atomic mass is 32.1. The van der Waals surface area contributed by atoms with Crippen molar-refractivity contribution in [2.24, 2.45) is 0 Å². The van der Waals surface area contributed by atoms with Gasteiger partial charge in [-0.25, -0.2) is 19.9 Å². The van der Waals surface area contributed by atoms with Gasteiger partial charge in [-0.3, -0.25) is 18.3 Å². The molecule has 8 aromatic heterocycles. The van der Waals surface area contributed by atoms with E-state index in [1.54, 1.807) is 45.3 Å². The van der Waals surface area contributed by atoms with Crippen molar-refractivity contribution in [2.75, 3.05) is 0 Å². The summed E-state index contributed by atoms with van der Waals surface area (Å²) >= 11 is 7.03. The Labute approximate surface area is 732 Å². The van der Waals surface area contributed by atoms with Gasteiger partial charge in [0.1, 0.15) is 0 Å². The van der Waals surface area contributed by atoms with Crippen molar-refractivity contribution in [3.05, 3.63) is 384 Å². The molecule has 0 spiro atoms. The maximum absolute atomic E-state index is 5.05. The molecule has 0 bridgehead atoms. The lowest BCUT2D eigenvalue weighted by Gasteiger charge is -2.22. The molecule has 4 aliphatic carbocycles. The van der Waals surface area contributed by atoms with Crippen molar-refractivity contribution in [1.82, 2.24) is 38.2 Å². The maximum atomic E-state index is 5.05. The molecule has 0 amide bonds. The topological polar surface area (TPSA) is 71.3 Å². The van der Waals surface area contributed by atoms with Gasteiger partial charge in [-0.05, 0) is 181 Å². The minimum absolute atomic E-state index is 0.000811. The van der Waals surface area contributed by atoms with Crippen LogP contribution in [0.25, 0.3) is 193 Å². The van der Waals surface area contributed by atoms with Crippen molar-refractivity contribution in [3.8, 4) is 65.0 Å². The number of hydrogen-bond donors (Lipinski definition) is 0. The van der Waals surface area contributed by atoms with Crippen molar-refractivity contribution in [1.29, 1.82) is 0 Å². The first-order valence-electron chi connectivity index (χ1n) is 42.7. The third kappa shape index (κ3) is 10.5. The smallest absolute Gasteiger partial charge is 0.195 e. The molecule has 0 atom stereocenters. The van der Waals surface area contributed by atoms with Crippen LogP contribution in [-0.4, -0.2) is 38.2 Å². The van der Waals surface area contributed by atoms with Crippen LogP contribution in [0.4, 0.5) is 0 Å². The monoisotopic (exact) mass is 1660 g/mol. The van der Waals surface area contributed by atoms with E-state index in [4.69, 9.17) is 19.9 Å². The Morgan fingerprint density at radius 2 is 0.548 bits per heavy atom. The first kappa shape index (κ1) is 73.0. The highest BCUT2D eigenvalue weighted by molar-refractivity contribution is 7.22. The Kier molecular flexibility index (Phi) is 15.8. The van der Waals surface area contributed by atoms with Crippen molar-refractivity contribution < 1.29 is 0 Å². The van der Waals surface area contributed by atoms with Gasteiger partial charge >= 0.3 is 0 Å². The average molecular weight is 1670 g/mol. The SMILES string of the molecule is CC1(C)c2ccccc2-c2c1ccc1c2c2ccccc2n1-c1nc2ccccc2s1.CC1(C)c2ccccc2-c2c1ccc1c3ccccc3n(-c3nc4ccccc4s3)c21.CC1(C)c2ccccc2-c2cc3c4ccccc4n(-c4nc5ccccc5s4)c3cc21.CC1(C)c2ccccc2-c2ccc3c(c21)c1ccccc1n3-c1nc2ccccc2s1. The second-order valence-corrected chi connectivity index (χ2v) is 39.5. The van der Waals surface area contributed by atoms with Gasteiger partial charge in [-0.15, -0.1) is 0 Å². The molecule has 16 aromatic carbocycles. The summed E-state index contributed by atoms with van der Waals surface area (Å²) in [5.41, 5.74) is 36.1. The molecule has 0 N–H and O–H groups in total. The lowest BCUT2D eigenvalue weighted by molar-refractivity contribution is 0.660. The number of benzene rings is 16. The van der Waals surface area contributed by atoms with Crippen LogP contribution in [0.2, 0.25) is 0 Å². The van der Waals surface area contributed by atoms with Crippen molar-refractivity contribution in [3.63, 3.8) is 0 Å². The predicted octanol–water partition coefficient (Wildman–Crippen LogP) is 30.8. The second-order valence-electron chi connectivity index (χ2n) is 35.5. The summed E-state index contributed by atoms with van der Waals surface area (Å²) in [6.07, 6.45) is 0. The number of fused-ring (bicyclic) bond motifs is 31. The zero-order chi connectivity index (χ0) is 83.0. The van der Waals surface area contributed by atoms with Gasteiger partial charge in [0.25, 0.3) is 0 Å². The van der Waals surface area contributed by atoms with Crippen LogP contribution in [0.3, 0.4) is 0 Å². The predicted molar refractivity (Wildman–Crippen MR) is 526 cm³/mol. The van der Waals surface area contributed by atoms with Crippen LogP contribution >= 0.6 is 45.3 Å². The molecule has 0 radical (unpaired) electrons. The zero-order valence-electron chi connectivity index (χ0n) is 69.5. The fourth-order valence-corrected chi connectivity index (χ4v) is 25.6. The van der Waals surface area contributed by atoms with Gasteiger partial charge in [0.2, 0.25) is 0 Å². The molecule has 0 unspecified atom stereocenters. The van der Waals surface area contributed by atoms with Crippen molar-refractivity contribution >= 4 is 173 Å². The molecule has 124 heavy (non-hydrogen) atoms. The fraction of sp³-hybridized carbons (Fsp3) is 0.107. The first-order chi connectivity index (χ1) is 60.6. The molecule has 4 aliphatic rings. The largest absolute Gasteiger partial charge is 0.285 e. The summed E-state index contributed by atoms with van der Waals surface area (Å²) < 4.78 is 14.3. The zero-order valence-corrected chi connectivity index (χ0v) is 72.8. The average Bonchev–Trinajstić information content (AvgIpc) is 1.55. The molecule has 0 fully saturated rings. The molecule has 12 heteroatoms. The van der Waals surface area contributed by atoms with Gasteiger partial charge in [0.05, 0.1) is 85.0 Å². The third-order valence-electron chi connectivity index (χ3n) is 27.4. The van der Waals surface area contributed by atoms with Gasteiger partial charge in [-0.1, -0.05) is 343 Å². The minimum Gasteiger partial charge on any atom is -0.285 e. The van der Waals surface area contributed by atoms with E-state index in [9.17, 15) is 0 Å². The lowest BCUT2D eigenvalue weighted by Crippen LogP contribution is -2.15. The molecule has 592 valence electrons. The van der Waals surface area contributed by atoms with Crippen molar-refractivity contribution in [2.45, 2.75) is 77.0 Å². The molecular weight excluding hydrogens is 1590 g/mol. The van der Waals surface area contributed by atoms with Crippen LogP contribution in [-0.2, 0) is 21.7 Å². The summed E-state index contributed by atoms with van der Waals surface area (Å²) in [7, 11) is 0. The summed E-state index contributed by atoms with van der Waals surface area (Å²) in [6.45, 7) is 18.8. The number of aromatic nitrogens is 8. The maximum Gasteiger partial charge on any atom is 0.195 e. The summed E-state index contributed by atoms with van der Waals surface area (Å²) in [6, 6.07) is 123.